The van der Waals surface area contributed by atoms with Gasteiger partial charge in [0.2, 0.25) is 0 Å². The first-order valence-corrected chi connectivity index (χ1v) is 9.94. The first-order chi connectivity index (χ1) is 14.9. The Kier molecular flexibility index (Phi) is 3.78. The van der Waals surface area contributed by atoms with Gasteiger partial charge in [-0.1, -0.05) is 48.5 Å². The van der Waals surface area contributed by atoms with E-state index in [1.807, 2.05) is 36.8 Å². The molecule has 3 aromatic heterocycles. The van der Waals surface area contributed by atoms with Crippen LogP contribution in [0.25, 0.3) is 54.8 Å². The van der Waals surface area contributed by atoms with E-state index in [1.54, 1.807) is 6.20 Å². The average Bonchev–Trinajstić information content (AvgIpc) is 2.84. The van der Waals surface area contributed by atoms with Crippen LogP contribution in [-0.2, 0) is 0 Å². The second-order valence-corrected chi connectivity index (χ2v) is 7.37. The maximum Gasteiger partial charge on any atom is 0.0708 e. The molecular formula is C27H17N3. The Morgan fingerprint density at radius 2 is 1.30 bits per heavy atom. The van der Waals surface area contributed by atoms with Crippen LogP contribution < -0.4 is 0 Å². The first-order valence-electron chi connectivity index (χ1n) is 9.94. The van der Waals surface area contributed by atoms with Crippen molar-refractivity contribution in [2.75, 3.05) is 0 Å². The highest BCUT2D eigenvalue weighted by molar-refractivity contribution is 6.20. The molecule has 0 saturated carbocycles. The van der Waals surface area contributed by atoms with Crippen LogP contribution in [0.15, 0.2) is 104 Å². The van der Waals surface area contributed by atoms with Crippen molar-refractivity contribution in [1.29, 1.82) is 0 Å². The van der Waals surface area contributed by atoms with Crippen LogP contribution in [0.1, 0.15) is 0 Å². The fraction of sp³-hybridized carbons (Fsp3) is 0. The smallest absolute Gasteiger partial charge is 0.0708 e. The lowest BCUT2D eigenvalue weighted by molar-refractivity contribution is 1.30. The standard InChI is InChI=1S/C27H17N3/c1-2-7-21-20(6-1)22-10-12-26-23(8-4-14-29-26)24(22)15-25(21)27-11-9-19(17-30-27)18-5-3-13-28-16-18/h1-17H. The van der Waals surface area contributed by atoms with Gasteiger partial charge in [0.1, 0.15) is 0 Å². The molecule has 30 heavy (non-hydrogen) atoms. The fourth-order valence-corrected chi connectivity index (χ4v) is 4.21. The summed E-state index contributed by atoms with van der Waals surface area (Å²) >= 11 is 0. The van der Waals surface area contributed by atoms with Gasteiger partial charge in [-0.3, -0.25) is 15.0 Å². The van der Waals surface area contributed by atoms with E-state index in [1.165, 1.54) is 21.5 Å². The number of nitrogens with zero attached hydrogens (tertiary/aromatic N) is 3. The van der Waals surface area contributed by atoms with E-state index in [0.29, 0.717) is 0 Å². The molecule has 0 aliphatic heterocycles. The zero-order valence-corrected chi connectivity index (χ0v) is 16.2. The van der Waals surface area contributed by atoms with Crippen molar-refractivity contribution in [3.8, 4) is 22.4 Å². The summed E-state index contributed by atoms with van der Waals surface area (Å²) in [5.41, 5.74) is 5.23. The predicted octanol–water partition coefficient (Wildman–Crippen LogP) is 6.67. The minimum atomic E-state index is 0.960. The van der Waals surface area contributed by atoms with E-state index in [2.05, 4.69) is 70.6 Å². The van der Waals surface area contributed by atoms with Gasteiger partial charge in [0, 0.05) is 46.9 Å². The van der Waals surface area contributed by atoms with Crippen LogP contribution >= 0.6 is 0 Å². The molecule has 0 saturated heterocycles. The van der Waals surface area contributed by atoms with E-state index in [-0.39, 0.29) is 0 Å². The molecule has 3 heteroatoms. The molecule has 0 aliphatic carbocycles. The third-order valence-electron chi connectivity index (χ3n) is 5.66. The van der Waals surface area contributed by atoms with Gasteiger partial charge < -0.3 is 0 Å². The van der Waals surface area contributed by atoms with Gasteiger partial charge >= 0.3 is 0 Å². The van der Waals surface area contributed by atoms with Gasteiger partial charge in [0.15, 0.2) is 0 Å². The van der Waals surface area contributed by atoms with Crippen LogP contribution in [0, 0.1) is 0 Å². The molecule has 0 N–H and O–H groups in total. The van der Waals surface area contributed by atoms with Crippen LogP contribution in [0.3, 0.4) is 0 Å². The topological polar surface area (TPSA) is 38.7 Å². The van der Waals surface area contributed by atoms with E-state index >= 15 is 0 Å². The zero-order valence-electron chi connectivity index (χ0n) is 16.2. The van der Waals surface area contributed by atoms with Gasteiger partial charge in [-0.25, -0.2) is 0 Å². The third kappa shape index (κ3) is 2.64. The van der Waals surface area contributed by atoms with Crippen LogP contribution in [0.2, 0.25) is 0 Å². The molecule has 0 unspecified atom stereocenters. The third-order valence-corrected chi connectivity index (χ3v) is 5.66. The molecule has 0 radical (unpaired) electrons. The number of hydrogen-bond acceptors (Lipinski definition) is 3. The van der Waals surface area contributed by atoms with Crippen molar-refractivity contribution >= 4 is 32.4 Å². The first kappa shape index (κ1) is 16.8. The summed E-state index contributed by atoms with van der Waals surface area (Å²) in [6.07, 6.45) is 7.41. The quantitative estimate of drug-likeness (QED) is 0.314. The Morgan fingerprint density at radius 1 is 0.500 bits per heavy atom. The highest BCUT2D eigenvalue weighted by atomic mass is 14.7. The molecule has 0 aliphatic rings. The molecule has 0 fully saturated rings. The largest absolute Gasteiger partial charge is 0.264 e. The van der Waals surface area contributed by atoms with Crippen molar-refractivity contribution < 1.29 is 0 Å². The fourth-order valence-electron chi connectivity index (χ4n) is 4.21. The molecule has 3 aromatic carbocycles. The lowest BCUT2D eigenvalue weighted by Gasteiger charge is -2.12. The second kappa shape index (κ2) is 6.75. The molecule has 0 bridgehead atoms. The Hall–Kier alpha value is -4.11. The Bertz CT molecular complexity index is 1520. The van der Waals surface area contributed by atoms with Crippen molar-refractivity contribution in [2.45, 2.75) is 0 Å². The molecule has 6 aromatic rings. The van der Waals surface area contributed by atoms with E-state index < -0.39 is 0 Å². The van der Waals surface area contributed by atoms with E-state index in [9.17, 15) is 0 Å². The Balaban J connectivity index is 1.62. The molecule has 0 atom stereocenters. The Morgan fingerprint density at radius 3 is 2.13 bits per heavy atom. The number of rotatable bonds is 2. The maximum atomic E-state index is 4.82. The van der Waals surface area contributed by atoms with Crippen LogP contribution in [-0.4, -0.2) is 15.0 Å². The summed E-state index contributed by atoms with van der Waals surface area (Å²) in [7, 11) is 0. The normalized spacial score (nSPS) is 11.3. The van der Waals surface area contributed by atoms with Gasteiger partial charge in [0.05, 0.1) is 11.2 Å². The lowest BCUT2D eigenvalue weighted by atomic mass is 9.93. The van der Waals surface area contributed by atoms with Crippen molar-refractivity contribution in [3.05, 3.63) is 104 Å². The maximum absolute atomic E-state index is 4.82. The zero-order chi connectivity index (χ0) is 19.9. The summed E-state index contributed by atoms with van der Waals surface area (Å²) in [6, 6.07) is 27.4. The molecule has 3 nitrogen and oxygen atoms in total. The molecule has 6 rings (SSSR count). The molecular weight excluding hydrogens is 366 g/mol. The number of fused-ring (bicyclic) bond motifs is 5. The number of hydrogen-bond donors (Lipinski definition) is 0. The van der Waals surface area contributed by atoms with Crippen molar-refractivity contribution in [2.24, 2.45) is 0 Å². The SMILES string of the molecule is c1cncc(-c2ccc(-c3cc4c5cccnc5ccc4c4ccccc34)nc2)c1. The number of pyridine rings is 3. The molecule has 3 heterocycles. The van der Waals surface area contributed by atoms with Crippen molar-refractivity contribution in [3.63, 3.8) is 0 Å². The predicted molar refractivity (Wildman–Crippen MR) is 123 cm³/mol. The number of benzene rings is 3. The highest BCUT2D eigenvalue weighted by Crippen LogP contribution is 2.37. The highest BCUT2D eigenvalue weighted by Gasteiger charge is 2.12. The van der Waals surface area contributed by atoms with Crippen LogP contribution in [0.4, 0.5) is 0 Å². The van der Waals surface area contributed by atoms with Gasteiger partial charge in [-0.2, -0.15) is 0 Å². The van der Waals surface area contributed by atoms with Gasteiger partial charge in [0.25, 0.3) is 0 Å². The monoisotopic (exact) mass is 383 g/mol. The Labute approximate surface area is 173 Å². The van der Waals surface area contributed by atoms with Crippen LogP contribution in [0.5, 0.6) is 0 Å². The summed E-state index contributed by atoms with van der Waals surface area (Å²) in [6.45, 7) is 0. The molecule has 140 valence electrons. The lowest BCUT2D eigenvalue weighted by Crippen LogP contribution is -1.90. The molecule has 0 amide bonds. The summed E-state index contributed by atoms with van der Waals surface area (Å²) in [5, 5.41) is 6.03. The van der Waals surface area contributed by atoms with Gasteiger partial charge in [-0.15, -0.1) is 0 Å². The average molecular weight is 383 g/mol. The van der Waals surface area contributed by atoms with Crippen molar-refractivity contribution in [1.82, 2.24) is 15.0 Å². The second-order valence-electron chi connectivity index (χ2n) is 7.37. The number of aromatic nitrogens is 3. The minimum absolute atomic E-state index is 0.960. The van der Waals surface area contributed by atoms with Gasteiger partial charge in [-0.05, 0) is 51.9 Å². The minimum Gasteiger partial charge on any atom is -0.264 e. The summed E-state index contributed by atoms with van der Waals surface area (Å²) < 4.78 is 0. The summed E-state index contributed by atoms with van der Waals surface area (Å²) in [5.74, 6) is 0. The molecule has 0 spiro atoms. The summed E-state index contributed by atoms with van der Waals surface area (Å²) in [4.78, 5) is 13.6. The van der Waals surface area contributed by atoms with E-state index in [0.717, 1.165) is 33.3 Å². The van der Waals surface area contributed by atoms with E-state index in [4.69, 9.17) is 4.98 Å².